The lowest BCUT2D eigenvalue weighted by molar-refractivity contribution is -0.117. The van der Waals surface area contributed by atoms with Crippen LogP contribution in [0, 0.1) is 5.82 Å². The summed E-state index contributed by atoms with van der Waals surface area (Å²) in [5, 5.41) is 13.2. The number of hydrogen-bond acceptors (Lipinski definition) is 6. The fourth-order valence-electron chi connectivity index (χ4n) is 3.11. The summed E-state index contributed by atoms with van der Waals surface area (Å²) in [7, 11) is -4.23. The summed E-state index contributed by atoms with van der Waals surface area (Å²) >= 11 is 1.31. The second kappa shape index (κ2) is 5.96. The van der Waals surface area contributed by atoms with E-state index in [0.29, 0.717) is 27.8 Å². The fourth-order valence-corrected chi connectivity index (χ4v) is 5.43. The first kappa shape index (κ1) is 17.8. The van der Waals surface area contributed by atoms with E-state index < -0.39 is 45.6 Å². The molecule has 0 bridgehead atoms. The number of fused-ring (bicyclic) bond motifs is 1. The first-order chi connectivity index (χ1) is 12.2. The van der Waals surface area contributed by atoms with Crippen LogP contribution < -0.4 is 14.3 Å². The summed E-state index contributed by atoms with van der Waals surface area (Å²) in [5.41, 5.74) is -1.45. The summed E-state index contributed by atoms with van der Waals surface area (Å²) in [4.78, 5) is 11.9. The lowest BCUT2D eigenvalue weighted by atomic mass is 10.0. The molecule has 3 aliphatic rings. The number of nitrogens with one attached hydrogen (secondary N) is 2. The Morgan fingerprint density at radius 2 is 2.19 bits per heavy atom. The number of carbonyl (C=O) groups is 1. The van der Waals surface area contributed by atoms with Crippen molar-refractivity contribution < 1.29 is 27.1 Å². The third-order valence-electron chi connectivity index (χ3n) is 4.74. The Labute approximate surface area is 153 Å². The van der Waals surface area contributed by atoms with Gasteiger partial charge in [-0.25, -0.2) is 17.8 Å². The van der Waals surface area contributed by atoms with Gasteiger partial charge in [0.1, 0.15) is 23.7 Å². The number of thioether (sulfide) groups is 1. The Bertz CT molecular complexity index is 889. The molecule has 0 radical (unpaired) electrons. The highest BCUT2D eigenvalue weighted by Crippen LogP contribution is 2.43. The molecule has 2 aliphatic heterocycles. The normalized spacial score (nSPS) is 25.7. The molecular weight excluding hydrogens is 388 g/mol. The maximum atomic E-state index is 15.1. The lowest BCUT2D eigenvalue weighted by Crippen LogP contribution is -2.40. The van der Waals surface area contributed by atoms with E-state index in [1.54, 1.807) is 4.72 Å². The van der Waals surface area contributed by atoms with E-state index >= 15 is 4.39 Å². The topological polar surface area (TPSA) is 98.7 Å². The molecule has 4 rings (SSSR count). The van der Waals surface area contributed by atoms with Gasteiger partial charge in [-0.3, -0.25) is 4.79 Å². The van der Waals surface area contributed by atoms with Crippen molar-refractivity contribution in [3.05, 3.63) is 17.4 Å². The van der Waals surface area contributed by atoms with Crippen LogP contribution in [0.3, 0.4) is 0 Å². The minimum atomic E-state index is -4.23. The molecule has 0 unspecified atom stereocenters. The number of hydrogen-bond donors (Lipinski definition) is 3. The maximum absolute atomic E-state index is 15.1. The highest BCUT2D eigenvalue weighted by atomic mass is 32.2. The van der Waals surface area contributed by atoms with Crippen LogP contribution in [0.1, 0.15) is 18.4 Å². The number of carbonyl (C=O) groups excluding carboxylic acids is 1. The van der Waals surface area contributed by atoms with E-state index in [4.69, 9.17) is 0 Å². The van der Waals surface area contributed by atoms with Crippen molar-refractivity contribution >= 4 is 33.6 Å². The molecule has 7 nitrogen and oxygen atoms in total. The number of rotatable bonds is 4. The third-order valence-corrected chi connectivity index (χ3v) is 7.36. The van der Waals surface area contributed by atoms with Crippen LogP contribution in [0.2, 0.25) is 0 Å². The molecule has 1 aromatic rings. The number of nitrogens with zero attached hydrogens (tertiary/aromatic N) is 1. The number of phenolic OH excluding ortho intramolecular Hbond substituents is 1. The Morgan fingerprint density at radius 1 is 1.46 bits per heavy atom. The standard InChI is InChI=1S/C15H17F2N3O4S2/c16-13-9-3-8(18-7-15(17)1-2-15)6-25-11(9)4-10(21)14(13)20-5-12(22)19-26(20,23)24/h4,8,18,21H,1-3,5-7H2,(H,19,22)/t8-/m0/s1. The van der Waals surface area contributed by atoms with E-state index in [-0.39, 0.29) is 24.6 Å². The molecule has 0 aromatic heterocycles. The van der Waals surface area contributed by atoms with E-state index in [1.807, 2.05) is 0 Å². The average molecular weight is 405 g/mol. The molecule has 1 aliphatic carbocycles. The smallest absolute Gasteiger partial charge is 0.326 e. The number of benzene rings is 1. The van der Waals surface area contributed by atoms with Gasteiger partial charge in [-0.15, -0.1) is 11.8 Å². The zero-order valence-electron chi connectivity index (χ0n) is 13.6. The fraction of sp³-hybridized carbons (Fsp3) is 0.533. The van der Waals surface area contributed by atoms with Crippen molar-refractivity contribution in [1.82, 2.24) is 10.0 Å². The van der Waals surface area contributed by atoms with Crippen LogP contribution in [-0.4, -0.2) is 50.0 Å². The van der Waals surface area contributed by atoms with Crippen LogP contribution in [0.25, 0.3) is 0 Å². The molecule has 11 heteroatoms. The quantitative estimate of drug-likeness (QED) is 0.686. The molecule has 1 saturated heterocycles. The van der Waals surface area contributed by atoms with Crippen molar-refractivity contribution in [1.29, 1.82) is 0 Å². The van der Waals surface area contributed by atoms with Crippen LogP contribution >= 0.6 is 11.8 Å². The molecule has 2 heterocycles. The van der Waals surface area contributed by atoms with Crippen LogP contribution in [-0.2, 0) is 21.4 Å². The maximum Gasteiger partial charge on any atom is 0.326 e. The molecule has 2 fully saturated rings. The predicted octanol–water partition coefficient (Wildman–Crippen LogP) is 0.821. The number of anilines is 1. The van der Waals surface area contributed by atoms with Gasteiger partial charge in [0, 0.05) is 28.8 Å². The van der Waals surface area contributed by atoms with Crippen molar-refractivity contribution in [2.75, 3.05) is 23.1 Å². The van der Waals surface area contributed by atoms with Gasteiger partial charge in [-0.1, -0.05) is 0 Å². The number of halogens is 2. The second-order valence-corrected chi connectivity index (χ2v) is 9.47. The molecule has 142 valence electrons. The lowest BCUT2D eigenvalue weighted by Gasteiger charge is -2.28. The van der Waals surface area contributed by atoms with Gasteiger partial charge in [0.05, 0.1) is 0 Å². The van der Waals surface area contributed by atoms with Crippen molar-refractivity contribution in [2.45, 2.75) is 35.9 Å². The molecule has 3 N–H and O–H groups in total. The Morgan fingerprint density at radius 3 is 2.81 bits per heavy atom. The third kappa shape index (κ3) is 3.12. The first-order valence-electron chi connectivity index (χ1n) is 8.11. The van der Waals surface area contributed by atoms with Crippen molar-refractivity contribution in [2.24, 2.45) is 0 Å². The van der Waals surface area contributed by atoms with Gasteiger partial charge >= 0.3 is 10.2 Å². The van der Waals surface area contributed by atoms with E-state index in [9.17, 15) is 22.7 Å². The number of alkyl halides is 1. The summed E-state index contributed by atoms with van der Waals surface area (Å²) in [6, 6.07) is 1.15. The van der Waals surface area contributed by atoms with Crippen LogP contribution in [0.4, 0.5) is 14.5 Å². The minimum absolute atomic E-state index is 0.164. The van der Waals surface area contributed by atoms with Gasteiger partial charge < -0.3 is 10.4 Å². The highest BCUT2D eigenvalue weighted by molar-refractivity contribution is 7.99. The largest absolute Gasteiger partial charge is 0.506 e. The molecule has 1 amide bonds. The second-order valence-electron chi connectivity index (χ2n) is 6.82. The van der Waals surface area contributed by atoms with Gasteiger partial charge in [0.15, 0.2) is 5.82 Å². The van der Waals surface area contributed by atoms with E-state index in [0.717, 1.165) is 0 Å². The Balaban J connectivity index is 1.63. The minimum Gasteiger partial charge on any atom is -0.506 e. The number of amides is 1. The van der Waals surface area contributed by atoms with Gasteiger partial charge in [-0.05, 0) is 25.3 Å². The highest BCUT2D eigenvalue weighted by Gasteiger charge is 2.43. The SMILES string of the molecule is O=C1CN(c2c(O)cc3c(c2F)C[C@H](NCC2(F)CC2)CS3)S(=O)(=O)N1. The zero-order valence-corrected chi connectivity index (χ0v) is 15.2. The average Bonchev–Trinajstić information content (AvgIpc) is 3.23. The first-order valence-corrected chi connectivity index (χ1v) is 10.5. The molecule has 1 atom stereocenters. The molecule has 0 spiro atoms. The molecule has 1 saturated carbocycles. The van der Waals surface area contributed by atoms with Gasteiger partial charge in [0.25, 0.3) is 5.91 Å². The molecular formula is C15H17F2N3O4S2. The number of phenols is 1. The predicted molar refractivity (Wildman–Crippen MR) is 91.8 cm³/mol. The van der Waals surface area contributed by atoms with E-state index in [2.05, 4.69) is 5.32 Å². The van der Waals surface area contributed by atoms with E-state index in [1.165, 1.54) is 17.8 Å². The van der Waals surface area contributed by atoms with Gasteiger partial charge in [0.2, 0.25) is 0 Å². The monoisotopic (exact) mass is 405 g/mol. The van der Waals surface area contributed by atoms with Gasteiger partial charge in [-0.2, -0.15) is 8.42 Å². The summed E-state index contributed by atoms with van der Waals surface area (Å²) in [6.45, 7) is -0.385. The molecule has 26 heavy (non-hydrogen) atoms. The summed E-state index contributed by atoms with van der Waals surface area (Å²) in [5.74, 6) is -1.63. The molecule has 1 aromatic carbocycles. The zero-order chi connectivity index (χ0) is 18.7. The Kier molecular flexibility index (Phi) is 4.08. The van der Waals surface area contributed by atoms with Crippen LogP contribution in [0.15, 0.2) is 11.0 Å². The summed E-state index contributed by atoms with van der Waals surface area (Å²) in [6.07, 6.45) is 1.29. The van der Waals surface area contributed by atoms with Crippen molar-refractivity contribution in [3.8, 4) is 5.75 Å². The van der Waals surface area contributed by atoms with Crippen molar-refractivity contribution in [3.63, 3.8) is 0 Å². The Hall–Kier alpha value is -1.59. The summed E-state index contributed by atoms with van der Waals surface area (Å²) < 4.78 is 55.1. The number of aromatic hydroxyl groups is 1. The van der Waals surface area contributed by atoms with Crippen LogP contribution in [0.5, 0.6) is 5.75 Å².